The molecule has 0 saturated heterocycles. The summed E-state index contributed by atoms with van der Waals surface area (Å²) in [5.41, 5.74) is 0.449. The molecule has 1 aliphatic heterocycles. The summed E-state index contributed by atoms with van der Waals surface area (Å²) in [6, 6.07) is 7.65. The van der Waals surface area contributed by atoms with Crippen LogP contribution >= 0.6 is 0 Å². The maximum Gasteiger partial charge on any atom is 0.407 e. The largest absolute Gasteiger partial charge is 0.493 e. The molecular weight excluding hydrogens is 296 g/mol. The lowest BCUT2D eigenvalue weighted by atomic mass is 10.0. The van der Waals surface area contributed by atoms with Crippen LogP contribution < -0.4 is 15.4 Å². The third kappa shape index (κ3) is 5.47. The Labute approximate surface area is 136 Å². The maximum absolute atomic E-state index is 12.0. The van der Waals surface area contributed by atoms with Gasteiger partial charge in [-0.2, -0.15) is 0 Å². The molecule has 0 fully saturated rings. The maximum atomic E-state index is 12.0. The average molecular weight is 320 g/mol. The van der Waals surface area contributed by atoms with Crippen LogP contribution in [-0.2, 0) is 9.53 Å². The Hall–Kier alpha value is -2.24. The second-order valence-electron chi connectivity index (χ2n) is 6.47. The highest BCUT2D eigenvalue weighted by Gasteiger charge is 2.22. The van der Waals surface area contributed by atoms with Crippen LogP contribution in [0.3, 0.4) is 0 Å². The first-order chi connectivity index (χ1) is 10.8. The van der Waals surface area contributed by atoms with E-state index in [-0.39, 0.29) is 24.9 Å². The number of nitrogens with one attached hydrogen (secondary N) is 2. The van der Waals surface area contributed by atoms with Crippen molar-refractivity contribution in [2.45, 2.75) is 45.3 Å². The quantitative estimate of drug-likeness (QED) is 0.894. The number of hydrogen-bond donors (Lipinski definition) is 2. The molecule has 0 aliphatic carbocycles. The second kappa shape index (κ2) is 7.35. The van der Waals surface area contributed by atoms with E-state index >= 15 is 0 Å². The molecule has 23 heavy (non-hydrogen) atoms. The summed E-state index contributed by atoms with van der Waals surface area (Å²) in [5.74, 6) is 0.707. The van der Waals surface area contributed by atoms with Crippen molar-refractivity contribution in [2.75, 3.05) is 13.2 Å². The third-order valence-electron chi connectivity index (χ3n) is 3.31. The molecule has 6 nitrogen and oxygen atoms in total. The van der Waals surface area contributed by atoms with Crippen molar-refractivity contribution in [1.82, 2.24) is 10.6 Å². The zero-order valence-corrected chi connectivity index (χ0v) is 13.8. The third-order valence-corrected chi connectivity index (χ3v) is 3.31. The molecule has 1 heterocycles. The highest BCUT2D eigenvalue weighted by molar-refractivity contribution is 5.77. The van der Waals surface area contributed by atoms with Crippen molar-refractivity contribution in [2.24, 2.45) is 0 Å². The molecule has 0 aromatic heterocycles. The smallest absolute Gasteiger partial charge is 0.407 e. The first kappa shape index (κ1) is 17.1. The number of alkyl carbamates (subject to hydrolysis) is 1. The molecule has 2 amide bonds. The number of hydrogen-bond acceptors (Lipinski definition) is 4. The van der Waals surface area contributed by atoms with Crippen molar-refractivity contribution in [1.29, 1.82) is 0 Å². The number of ether oxygens (including phenoxy) is 2. The van der Waals surface area contributed by atoms with E-state index in [9.17, 15) is 9.59 Å². The number of fused-ring (bicyclic) bond motifs is 1. The fourth-order valence-electron chi connectivity index (χ4n) is 2.35. The summed E-state index contributed by atoms with van der Waals surface area (Å²) in [4.78, 5) is 23.6. The molecule has 2 rings (SSSR count). The Bertz CT molecular complexity index is 566. The lowest BCUT2D eigenvalue weighted by molar-refractivity contribution is -0.121. The van der Waals surface area contributed by atoms with Crippen molar-refractivity contribution >= 4 is 12.0 Å². The van der Waals surface area contributed by atoms with Gasteiger partial charge in [-0.25, -0.2) is 4.79 Å². The van der Waals surface area contributed by atoms with Gasteiger partial charge in [-0.05, 0) is 26.8 Å². The van der Waals surface area contributed by atoms with Crippen molar-refractivity contribution in [3.63, 3.8) is 0 Å². The minimum atomic E-state index is -0.544. The summed E-state index contributed by atoms with van der Waals surface area (Å²) in [6.07, 6.45) is 0.433. The predicted octanol–water partition coefficient (Wildman–Crippen LogP) is 2.54. The Morgan fingerprint density at radius 3 is 2.78 bits per heavy atom. The van der Waals surface area contributed by atoms with Gasteiger partial charge < -0.3 is 20.1 Å². The SMILES string of the molecule is CC(C)(C)OC(=O)NCCC(=O)NC1CCOc2ccccc21. The van der Waals surface area contributed by atoms with Crippen LogP contribution in [0.4, 0.5) is 4.79 Å². The van der Waals surface area contributed by atoms with Crippen molar-refractivity contribution in [3.8, 4) is 5.75 Å². The van der Waals surface area contributed by atoms with Crippen LogP contribution in [0.25, 0.3) is 0 Å². The zero-order valence-electron chi connectivity index (χ0n) is 13.8. The molecule has 1 unspecified atom stereocenters. The van der Waals surface area contributed by atoms with Crippen molar-refractivity contribution in [3.05, 3.63) is 29.8 Å². The van der Waals surface area contributed by atoms with Crippen LogP contribution in [0.15, 0.2) is 24.3 Å². The van der Waals surface area contributed by atoms with E-state index in [0.29, 0.717) is 6.61 Å². The van der Waals surface area contributed by atoms with Gasteiger partial charge in [0.25, 0.3) is 0 Å². The van der Waals surface area contributed by atoms with E-state index in [2.05, 4.69) is 10.6 Å². The van der Waals surface area contributed by atoms with E-state index in [1.165, 1.54) is 0 Å². The molecule has 2 N–H and O–H groups in total. The van der Waals surface area contributed by atoms with Crippen LogP contribution in [0, 0.1) is 0 Å². The molecule has 1 aromatic rings. The number of benzene rings is 1. The Kier molecular flexibility index (Phi) is 5.47. The van der Waals surface area contributed by atoms with Gasteiger partial charge in [-0.3, -0.25) is 4.79 Å². The molecule has 0 spiro atoms. The fraction of sp³-hybridized carbons (Fsp3) is 0.529. The molecule has 6 heteroatoms. The zero-order chi connectivity index (χ0) is 16.9. The molecule has 1 aliphatic rings. The van der Waals surface area contributed by atoms with E-state index in [1.807, 2.05) is 24.3 Å². The Morgan fingerprint density at radius 2 is 2.04 bits per heavy atom. The molecule has 0 saturated carbocycles. The van der Waals surface area contributed by atoms with Gasteiger partial charge in [0.05, 0.1) is 12.6 Å². The van der Waals surface area contributed by atoms with Gasteiger partial charge >= 0.3 is 6.09 Å². The average Bonchev–Trinajstić information content (AvgIpc) is 2.45. The lowest BCUT2D eigenvalue weighted by Gasteiger charge is -2.26. The number of carbonyl (C=O) groups is 2. The van der Waals surface area contributed by atoms with Gasteiger partial charge in [0.1, 0.15) is 11.4 Å². The Morgan fingerprint density at radius 1 is 1.30 bits per heavy atom. The molecule has 0 bridgehead atoms. The van der Waals surface area contributed by atoms with Gasteiger partial charge in [-0.15, -0.1) is 0 Å². The minimum Gasteiger partial charge on any atom is -0.493 e. The topological polar surface area (TPSA) is 76.7 Å². The summed E-state index contributed by atoms with van der Waals surface area (Å²) < 4.78 is 10.7. The van der Waals surface area contributed by atoms with E-state index in [0.717, 1.165) is 17.7 Å². The van der Waals surface area contributed by atoms with E-state index in [1.54, 1.807) is 20.8 Å². The van der Waals surface area contributed by atoms with Crippen LogP contribution in [0.2, 0.25) is 0 Å². The number of rotatable bonds is 4. The van der Waals surface area contributed by atoms with Gasteiger partial charge in [0.2, 0.25) is 5.91 Å². The summed E-state index contributed by atoms with van der Waals surface area (Å²) in [7, 11) is 0. The fourth-order valence-corrected chi connectivity index (χ4v) is 2.35. The highest BCUT2D eigenvalue weighted by Crippen LogP contribution is 2.31. The standard InChI is InChI=1S/C17H24N2O4/c1-17(2,3)23-16(21)18-10-8-15(20)19-13-9-11-22-14-7-5-4-6-12(13)14/h4-7,13H,8-11H2,1-3H3,(H,18,21)(H,19,20). The van der Waals surface area contributed by atoms with Gasteiger partial charge in [-0.1, -0.05) is 18.2 Å². The number of carbonyl (C=O) groups excluding carboxylic acids is 2. The van der Waals surface area contributed by atoms with Crippen molar-refractivity contribution < 1.29 is 19.1 Å². The normalized spacial score (nSPS) is 16.7. The van der Waals surface area contributed by atoms with Crippen LogP contribution in [0.1, 0.15) is 45.2 Å². The highest BCUT2D eigenvalue weighted by atomic mass is 16.6. The first-order valence-corrected chi connectivity index (χ1v) is 7.83. The van der Waals surface area contributed by atoms with Gasteiger partial charge in [0.15, 0.2) is 0 Å². The summed E-state index contributed by atoms with van der Waals surface area (Å²) in [5, 5.41) is 5.57. The summed E-state index contributed by atoms with van der Waals surface area (Å²) >= 11 is 0. The monoisotopic (exact) mass is 320 g/mol. The van der Waals surface area contributed by atoms with Crippen LogP contribution in [-0.4, -0.2) is 30.8 Å². The summed E-state index contributed by atoms with van der Waals surface area (Å²) in [6.45, 7) is 6.20. The minimum absolute atomic E-state index is 0.0472. The molecule has 126 valence electrons. The van der Waals surface area contributed by atoms with E-state index in [4.69, 9.17) is 9.47 Å². The van der Waals surface area contributed by atoms with E-state index < -0.39 is 11.7 Å². The Balaban J connectivity index is 1.77. The molecule has 1 aromatic carbocycles. The number of amides is 2. The van der Waals surface area contributed by atoms with Crippen LogP contribution in [0.5, 0.6) is 5.75 Å². The molecular formula is C17H24N2O4. The predicted molar refractivity (Wildman–Crippen MR) is 86.3 cm³/mol. The second-order valence-corrected chi connectivity index (χ2v) is 6.47. The number of para-hydroxylation sites is 1. The lowest BCUT2D eigenvalue weighted by Crippen LogP contribution is -2.36. The van der Waals surface area contributed by atoms with Gasteiger partial charge in [0, 0.05) is 24.9 Å². The molecule has 0 radical (unpaired) electrons. The first-order valence-electron chi connectivity index (χ1n) is 7.83. The molecule has 1 atom stereocenters.